The van der Waals surface area contributed by atoms with Gasteiger partial charge in [-0.25, -0.2) is 0 Å². The second-order valence-corrected chi connectivity index (χ2v) is 5.93. The summed E-state index contributed by atoms with van der Waals surface area (Å²) in [7, 11) is 0. The van der Waals surface area contributed by atoms with Crippen molar-refractivity contribution in [1.82, 2.24) is 4.90 Å². The second kappa shape index (κ2) is 6.74. The molecule has 1 heterocycles. The Kier molecular flexibility index (Phi) is 4.51. The standard InChI is InChI=1S/C19H20N2O3/c1-14-5-2-3-8-17(14)18(22)21-11-9-20(10-12-21)16-7-4-6-15(13-16)19(23)24/h2-8,13H,9-12H2,1H3,(H,23,24)/p-1. The zero-order valence-corrected chi connectivity index (χ0v) is 13.6. The Balaban J connectivity index is 1.68. The first-order chi connectivity index (χ1) is 11.6. The number of hydrogen-bond acceptors (Lipinski definition) is 4. The first-order valence-corrected chi connectivity index (χ1v) is 7.97. The number of nitrogens with zero attached hydrogens (tertiary/aromatic N) is 2. The highest BCUT2D eigenvalue weighted by molar-refractivity contribution is 5.95. The van der Waals surface area contributed by atoms with Gasteiger partial charge in [0.05, 0.1) is 5.97 Å². The van der Waals surface area contributed by atoms with Gasteiger partial charge in [-0.1, -0.05) is 30.3 Å². The number of amides is 1. The number of carbonyl (C=O) groups is 2. The first kappa shape index (κ1) is 16.1. The second-order valence-electron chi connectivity index (χ2n) is 5.93. The van der Waals surface area contributed by atoms with E-state index in [1.165, 1.54) is 6.07 Å². The van der Waals surface area contributed by atoms with Crippen molar-refractivity contribution in [2.24, 2.45) is 0 Å². The summed E-state index contributed by atoms with van der Waals surface area (Å²) in [6, 6.07) is 14.3. The molecule has 0 saturated carbocycles. The van der Waals surface area contributed by atoms with Gasteiger partial charge in [-0.15, -0.1) is 0 Å². The molecule has 1 aliphatic rings. The van der Waals surface area contributed by atoms with Crippen molar-refractivity contribution in [1.29, 1.82) is 0 Å². The van der Waals surface area contributed by atoms with Crippen LogP contribution in [0.1, 0.15) is 26.3 Å². The fraction of sp³-hybridized carbons (Fsp3) is 0.263. The number of hydrogen-bond donors (Lipinski definition) is 0. The highest BCUT2D eigenvalue weighted by atomic mass is 16.4. The number of anilines is 1. The van der Waals surface area contributed by atoms with Gasteiger partial charge in [-0.05, 0) is 36.2 Å². The van der Waals surface area contributed by atoms with E-state index in [0.717, 1.165) is 16.8 Å². The molecule has 2 aromatic carbocycles. The third-order valence-electron chi connectivity index (χ3n) is 4.39. The Bertz CT molecular complexity index is 765. The summed E-state index contributed by atoms with van der Waals surface area (Å²) in [6.45, 7) is 4.52. The van der Waals surface area contributed by atoms with Crippen LogP contribution in [0.3, 0.4) is 0 Å². The van der Waals surface area contributed by atoms with Gasteiger partial charge >= 0.3 is 0 Å². The SMILES string of the molecule is Cc1ccccc1C(=O)N1CCN(c2cccc(C(=O)[O-])c2)CC1. The molecular formula is C19H19N2O3-. The summed E-state index contributed by atoms with van der Waals surface area (Å²) in [4.78, 5) is 27.6. The third kappa shape index (κ3) is 3.25. The highest BCUT2D eigenvalue weighted by Gasteiger charge is 2.23. The molecule has 0 atom stereocenters. The van der Waals surface area contributed by atoms with Crippen molar-refractivity contribution in [3.8, 4) is 0 Å². The molecule has 1 aliphatic heterocycles. The molecule has 0 unspecified atom stereocenters. The summed E-state index contributed by atoms with van der Waals surface area (Å²) in [5.74, 6) is -1.12. The van der Waals surface area contributed by atoms with Crippen molar-refractivity contribution in [3.63, 3.8) is 0 Å². The maximum atomic E-state index is 12.6. The third-order valence-corrected chi connectivity index (χ3v) is 4.39. The van der Waals surface area contributed by atoms with Gasteiger partial charge in [-0.2, -0.15) is 0 Å². The lowest BCUT2D eigenvalue weighted by atomic mass is 10.1. The van der Waals surface area contributed by atoms with E-state index in [1.54, 1.807) is 12.1 Å². The fourth-order valence-electron chi connectivity index (χ4n) is 2.98. The average molecular weight is 323 g/mol. The number of aromatic carboxylic acids is 1. The maximum absolute atomic E-state index is 12.6. The number of carboxylic acid groups (broad SMARTS) is 1. The van der Waals surface area contributed by atoms with E-state index >= 15 is 0 Å². The van der Waals surface area contributed by atoms with Crippen molar-refractivity contribution in [3.05, 3.63) is 65.2 Å². The Labute approximate surface area is 141 Å². The van der Waals surface area contributed by atoms with Crippen LogP contribution in [0, 0.1) is 6.92 Å². The molecule has 24 heavy (non-hydrogen) atoms. The molecule has 0 bridgehead atoms. The Morgan fingerprint density at radius 3 is 2.33 bits per heavy atom. The number of benzene rings is 2. The lowest BCUT2D eigenvalue weighted by Crippen LogP contribution is -2.49. The molecule has 124 valence electrons. The van der Waals surface area contributed by atoms with E-state index in [4.69, 9.17) is 0 Å². The van der Waals surface area contributed by atoms with Gasteiger partial charge in [0.1, 0.15) is 0 Å². The Morgan fingerprint density at radius 2 is 1.67 bits per heavy atom. The summed E-state index contributed by atoms with van der Waals surface area (Å²) in [5, 5.41) is 11.0. The summed E-state index contributed by atoms with van der Waals surface area (Å²) in [5.41, 5.74) is 2.74. The predicted octanol–water partition coefficient (Wildman–Crippen LogP) is 1.32. The number of carboxylic acids is 1. The van der Waals surface area contributed by atoms with E-state index in [2.05, 4.69) is 4.90 Å². The van der Waals surface area contributed by atoms with Gasteiger partial charge in [-0.3, -0.25) is 4.79 Å². The normalized spacial score (nSPS) is 14.5. The summed E-state index contributed by atoms with van der Waals surface area (Å²) < 4.78 is 0. The molecule has 1 fully saturated rings. The minimum absolute atomic E-state index is 0.0521. The number of piperazine rings is 1. The van der Waals surface area contributed by atoms with Crippen molar-refractivity contribution in [2.75, 3.05) is 31.1 Å². The molecule has 5 heteroatoms. The minimum Gasteiger partial charge on any atom is -0.545 e. The Morgan fingerprint density at radius 1 is 0.958 bits per heavy atom. The maximum Gasteiger partial charge on any atom is 0.254 e. The Hall–Kier alpha value is -2.82. The largest absolute Gasteiger partial charge is 0.545 e. The minimum atomic E-state index is -1.18. The van der Waals surface area contributed by atoms with Crippen LogP contribution in [0.5, 0.6) is 0 Å². The lowest BCUT2D eigenvalue weighted by Gasteiger charge is -2.36. The van der Waals surface area contributed by atoms with Gasteiger partial charge < -0.3 is 19.7 Å². The zero-order chi connectivity index (χ0) is 17.1. The molecule has 0 aliphatic carbocycles. The van der Waals surface area contributed by atoms with Crippen LogP contribution in [0.2, 0.25) is 0 Å². The molecule has 1 saturated heterocycles. The molecule has 1 amide bonds. The molecule has 0 spiro atoms. The van der Waals surface area contributed by atoms with Crippen LogP contribution in [0.15, 0.2) is 48.5 Å². The molecule has 0 radical (unpaired) electrons. The van der Waals surface area contributed by atoms with Crippen LogP contribution in [0.25, 0.3) is 0 Å². The van der Waals surface area contributed by atoms with E-state index in [1.807, 2.05) is 42.2 Å². The van der Waals surface area contributed by atoms with Gasteiger partial charge in [0.2, 0.25) is 0 Å². The monoisotopic (exact) mass is 323 g/mol. The number of aryl methyl sites for hydroxylation is 1. The molecule has 3 rings (SSSR count). The van der Waals surface area contributed by atoms with E-state index in [-0.39, 0.29) is 11.5 Å². The lowest BCUT2D eigenvalue weighted by molar-refractivity contribution is -0.255. The topological polar surface area (TPSA) is 63.7 Å². The number of rotatable bonds is 3. The van der Waals surface area contributed by atoms with Crippen LogP contribution >= 0.6 is 0 Å². The number of carbonyl (C=O) groups excluding carboxylic acids is 2. The smallest absolute Gasteiger partial charge is 0.254 e. The average Bonchev–Trinajstić information content (AvgIpc) is 2.62. The molecule has 0 N–H and O–H groups in total. The fourth-order valence-corrected chi connectivity index (χ4v) is 2.98. The molecule has 0 aromatic heterocycles. The zero-order valence-electron chi connectivity index (χ0n) is 13.6. The first-order valence-electron chi connectivity index (χ1n) is 7.97. The highest BCUT2D eigenvalue weighted by Crippen LogP contribution is 2.19. The summed E-state index contributed by atoms with van der Waals surface area (Å²) >= 11 is 0. The summed E-state index contributed by atoms with van der Waals surface area (Å²) in [6.07, 6.45) is 0. The van der Waals surface area contributed by atoms with Crippen molar-refractivity contribution < 1.29 is 14.7 Å². The molecule has 5 nitrogen and oxygen atoms in total. The van der Waals surface area contributed by atoms with Gasteiger partial charge in [0.15, 0.2) is 0 Å². The van der Waals surface area contributed by atoms with Crippen LogP contribution in [-0.2, 0) is 0 Å². The molecule has 2 aromatic rings. The van der Waals surface area contributed by atoms with E-state index in [9.17, 15) is 14.7 Å². The van der Waals surface area contributed by atoms with Crippen molar-refractivity contribution >= 4 is 17.6 Å². The predicted molar refractivity (Wildman–Crippen MR) is 90.1 cm³/mol. The molecular weight excluding hydrogens is 304 g/mol. The van der Waals surface area contributed by atoms with Crippen LogP contribution < -0.4 is 10.0 Å². The van der Waals surface area contributed by atoms with E-state index in [0.29, 0.717) is 26.2 Å². The van der Waals surface area contributed by atoms with E-state index < -0.39 is 5.97 Å². The van der Waals surface area contributed by atoms with Crippen LogP contribution in [0.4, 0.5) is 5.69 Å². The van der Waals surface area contributed by atoms with Crippen molar-refractivity contribution in [2.45, 2.75) is 6.92 Å². The van der Waals surface area contributed by atoms with Gasteiger partial charge in [0, 0.05) is 37.4 Å². The van der Waals surface area contributed by atoms with Crippen LogP contribution in [-0.4, -0.2) is 43.0 Å². The quantitative estimate of drug-likeness (QED) is 0.855. The van der Waals surface area contributed by atoms with Gasteiger partial charge in [0.25, 0.3) is 5.91 Å².